The Labute approximate surface area is 191 Å². The van der Waals surface area contributed by atoms with Crippen molar-refractivity contribution in [1.29, 1.82) is 0 Å². The van der Waals surface area contributed by atoms with E-state index >= 15 is 0 Å². The second-order valence-electron chi connectivity index (χ2n) is 8.42. The fourth-order valence-corrected chi connectivity index (χ4v) is 5.93. The number of aromatic amines is 1. The van der Waals surface area contributed by atoms with Crippen molar-refractivity contribution in [3.63, 3.8) is 0 Å². The van der Waals surface area contributed by atoms with E-state index in [0.29, 0.717) is 0 Å². The molecule has 1 atom stereocenters. The minimum atomic E-state index is 0.136. The zero-order valence-electron chi connectivity index (χ0n) is 18.2. The Morgan fingerprint density at radius 2 is 1.88 bits per heavy atom. The van der Waals surface area contributed by atoms with E-state index in [1.165, 1.54) is 37.5 Å². The van der Waals surface area contributed by atoms with Crippen LogP contribution >= 0.6 is 11.3 Å². The number of thiophene rings is 1. The van der Waals surface area contributed by atoms with Crippen molar-refractivity contribution in [3.8, 4) is 11.3 Å². The first kappa shape index (κ1) is 19.3. The van der Waals surface area contributed by atoms with Gasteiger partial charge in [0.1, 0.15) is 11.9 Å². The zero-order chi connectivity index (χ0) is 21.7. The number of benzene rings is 1. The topological polar surface area (TPSA) is 44.8 Å². The molecule has 6 rings (SSSR count). The molecule has 5 aromatic rings. The second kappa shape index (κ2) is 7.61. The van der Waals surface area contributed by atoms with Crippen molar-refractivity contribution in [1.82, 2.24) is 15.0 Å². The number of aryl methyl sites for hydroxylation is 2. The molecule has 0 saturated carbocycles. The zero-order valence-corrected chi connectivity index (χ0v) is 19.0. The third-order valence-corrected chi connectivity index (χ3v) is 7.70. The van der Waals surface area contributed by atoms with Crippen LogP contribution in [0, 0.1) is 13.8 Å². The highest BCUT2D eigenvalue weighted by atomic mass is 32.1. The van der Waals surface area contributed by atoms with Gasteiger partial charge < -0.3 is 9.88 Å². The number of hydrogen-bond donors (Lipinski definition) is 1. The molecule has 158 valence electrons. The molecule has 1 N–H and O–H groups in total. The van der Waals surface area contributed by atoms with Gasteiger partial charge in [-0.05, 0) is 67.8 Å². The van der Waals surface area contributed by atoms with Crippen molar-refractivity contribution in [2.75, 3.05) is 11.4 Å². The van der Waals surface area contributed by atoms with Crippen LogP contribution in [0.5, 0.6) is 0 Å². The van der Waals surface area contributed by atoms with Crippen LogP contribution < -0.4 is 4.90 Å². The summed E-state index contributed by atoms with van der Waals surface area (Å²) >= 11 is 1.89. The van der Waals surface area contributed by atoms with Crippen LogP contribution in [0.25, 0.3) is 22.2 Å². The molecule has 5 heterocycles. The van der Waals surface area contributed by atoms with Crippen LogP contribution in [-0.2, 0) is 6.42 Å². The van der Waals surface area contributed by atoms with E-state index in [1.54, 1.807) is 0 Å². The van der Waals surface area contributed by atoms with Gasteiger partial charge in [0.25, 0.3) is 0 Å². The summed E-state index contributed by atoms with van der Waals surface area (Å²) in [5.41, 5.74) is 7.30. The van der Waals surface area contributed by atoms with Gasteiger partial charge in [-0.3, -0.25) is 4.98 Å². The maximum Gasteiger partial charge on any atom is 0.129 e. The number of anilines is 1. The first-order chi connectivity index (χ1) is 15.7. The predicted octanol–water partition coefficient (Wildman–Crippen LogP) is 6.46. The maximum absolute atomic E-state index is 4.89. The minimum Gasteiger partial charge on any atom is -0.356 e. The van der Waals surface area contributed by atoms with Gasteiger partial charge in [0.2, 0.25) is 0 Å². The number of fused-ring (bicyclic) bond motifs is 3. The molecule has 4 nitrogen and oxygen atoms in total. The molecule has 0 bridgehead atoms. The summed E-state index contributed by atoms with van der Waals surface area (Å²) in [4.78, 5) is 18.3. The Morgan fingerprint density at radius 3 is 2.62 bits per heavy atom. The molecular weight excluding hydrogens is 412 g/mol. The molecule has 5 heteroatoms. The fourth-order valence-electron chi connectivity index (χ4n) is 4.76. The van der Waals surface area contributed by atoms with Crippen molar-refractivity contribution in [3.05, 3.63) is 99.6 Å². The fraction of sp³-hybridized carbons (Fsp3) is 0.185. The number of aromatic nitrogens is 3. The van der Waals surface area contributed by atoms with Gasteiger partial charge in [0, 0.05) is 50.9 Å². The van der Waals surface area contributed by atoms with Gasteiger partial charge in [-0.1, -0.05) is 24.3 Å². The van der Waals surface area contributed by atoms with Gasteiger partial charge in [-0.15, -0.1) is 11.3 Å². The van der Waals surface area contributed by atoms with E-state index < -0.39 is 0 Å². The summed E-state index contributed by atoms with van der Waals surface area (Å²) in [6.07, 6.45) is 4.77. The quantitative estimate of drug-likeness (QED) is 0.353. The van der Waals surface area contributed by atoms with Crippen LogP contribution in [0.3, 0.4) is 0 Å². The highest BCUT2D eigenvalue weighted by Gasteiger charge is 2.33. The molecule has 4 aromatic heterocycles. The number of pyridine rings is 2. The number of nitrogens with one attached hydrogen (secondary N) is 1. The lowest BCUT2D eigenvalue weighted by molar-refractivity contribution is 0.643. The number of rotatable bonds is 3. The highest BCUT2D eigenvalue weighted by molar-refractivity contribution is 7.12. The lowest BCUT2D eigenvalue weighted by Gasteiger charge is -2.36. The molecule has 0 radical (unpaired) electrons. The predicted molar refractivity (Wildman–Crippen MR) is 132 cm³/mol. The van der Waals surface area contributed by atoms with Crippen molar-refractivity contribution < 1.29 is 0 Å². The van der Waals surface area contributed by atoms with E-state index in [2.05, 4.69) is 71.2 Å². The molecular formula is C27H24N4S. The average molecular weight is 437 g/mol. The summed E-state index contributed by atoms with van der Waals surface area (Å²) in [5, 5.41) is 1.34. The van der Waals surface area contributed by atoms with Crippen LogP contribution in [0.2, 0.25) is 0 Å². The Balaban J connectivity index is 1.46. The lowest BCUT2D eigenvalue weighted by Crippen LogP contribution is -2.36. The van der Waals surface area contributed by atoms with Crippen LogP contribution in [0.4, 0.5) is 5.82 Å². The molecule has 0 spiro atoms. The van der Waals surface area contributed by atoms with Crippen molar-refractivity contribution >= 4 is 28.1 Å². The summed E-state index contributed by atoms with van der Waals surface area (Å²) in [6, 6.07) is 21.4. The van der Waals surface area contributed by atoms with Gasteiger partial charge in [-0.25, -0.2) is 4.98 Å². The normalized spacial score (nSPS) is 15.8. The average Bonchev–Trinajstić information content (AvgIpc) is 3.38. The number of nitrogens with zero attached hydrogens (tertiary/aromatic N) is 3. The van der Waals surface area contributed by atoms with Crippen LogP contribution in [0.1, 0.15) is 32.6 Å². The van der Waals surface area contributed by atoms with Crippen LogP contribution in [0.15, 0.2) is 73.1 Å². The molecule has 0 saturated heterocycles. The van der Waals surface area contributed by atoms with E-state index in [1.807, 2.05) is 41.9 Å². The third-order valence-electron chi connectivity index (χ3n) is 6.49. The smallest absolute Gasteiger partial charge is 0.129 e. The Bertz CT molecular complexity index is 1380. The monoisotopic (exact) mass is 436 g/mol. The molecule has 0 aliphatic carbocycles. The number of hydrogen-bond acceptors (Lipinski definition) is 4. The maximum atomic E-state index is 4.89. The Kier molecular flexibility index (Phi) is 4.58. The Morgan fingerprint density at radius 1 is 1.00 bits per heavy atom. The third kappa shape index (κ3) is 3.12. The van der Waals surface area contributed by atoms with E-state index in [0.717, 1.165) is 30.0 Å². The summed E-state index contributed by atoms with van der Waals surface area (Å²) in [6.45, 7) is 5.35. The van der Waals surface area contributed by atoms with Gasteiger partial charge >= 0.3 is 0 Å². The molecule has 1 aliphatic rings. The summed E-state index contributed by atoms with van der Waals surface area (Å²) in [5.74, 6) is 1.00. The SMILES string of the molecule is Cc1cc(C2c3[nH]c4ccccc4c3CCN2c2ccc(-c3ccccn3)cn2)sc1C. The first-order valence-corrected chi connectivity index (χ1v) is 11.8. The summed E-state index contributed by atoms with van der Waals surface area (Å²) in [7, 11) is 0. The summed E-state index contributed by atoms with van der Waals surface area (Å²) < 4.78 is 0. The van der Waals surface area contributed by atoms with E-state index in [9.17, 15) is 0 Å². The largest absolute Gasteiger partial charge is 0.356 e. The lowest BCUT2D eigenvalue weighted by atomic mass is 9.96. The number of H-pyrrole nitrogens is 1. The number of para-hydroxylation sites is 1. The minimum absolute atomic E-state index is 0.136. The molecule has 1 aromatic carbocycles. The first-order valence-electron chi connectivity index (χ1n) is 11.0. The molecule has 32 heavy (non-hydrogen) atoms. The second-order valence-corrected chi connectivity index (χ2v) is 9.70. The molecule has 0 amide bonds. The van der Waals surface area contributed by atoms with Crippen molar-refractivity contribution in [2.45, 2.75) is 26.3 Å². The molecule has 0 fully saturated rings. The van der Waals surface area contributed by atoms with Crippen LogP contribution in [-0.4, -0.2) is 21.5 Å². The van der Waals surface area contributed by atoms with Gasteiger partial charge in [-0.2, -0.15) is 0 Å². The highest BCUT2D eigenvalue weighted by Crippen LogP contribution is 2.43. The van der Waals surface area contributed by atoms with E-state index in [-0.39, 0.29) is 6.04 Å². The van der Waals surface area contributed by atoms with Gasteiger partial charge in [0.05, 0.1) is 5.69 Å². The van der Waals surface area contributed by atoms with Gasteiger partial charge in [0.15, 0.2) is 0 Å². The van der Waals surface area contributed by atoms with E-state index in [4.69, 9.17) is 4.98 Å². The Hall–Kier alpha value is -3.44. The molecule has 1 unspecified atom stereocenters. The molecule has 1 aliphatic heterocycles. The standard InChI is InChI=1S/C27H24N4S/c1-17-15-24(32-18(17)2)27-26-21(20-7-3-4-9-23(20)30-26)12-14-31(27)25-11-10-19(16-29-25)22-8-5-6-13-28-22/h3-11,13,15-16,27,30H,12,14H2,1-2H3. The van der Waals surface area contributed by atoms with Crippen molar-refractivity contribution in [2.24, 2.45) is 0 Å².